The minimum absolute atomic E-state index is 0.0330. The Bertz CT molecular complexity index is 1170. The van der Waals surface area contributed by atoms with Gasteiger partial charge in [-0.15, -0.1) is 0 Å². The molecule has 0 aliphatic heterocycles. The van der Waals surface area contributed by atoms with Gasteiger partial charge in [-0.25, -0.2) is 9.48 Å². The second kappa shape index (κ2) is 10.0. The lowest BCUT2D eigenvalue weighted by Crippen LogP contribution is -2.28. The van der Waals surface area contributed by atoms with Gasteiger partial charge in [0, 0.05) is 17.6 Å². The number of unbranched alkanes of at least 4 members (excludes halogenated alkanes) is 2. The molecule has 0 spiro atoms. The van der Waals surface area contributed by atoms with Crippen LogP contribution in [0.3, 0.4) is 0 Å². The Morgan fingerprint density at radius 3 is 2.48 bits per heavy atom. The van der Waals surface area contributed by atoms with Gasteiger partial charge in [-0.1, -0.05) is 44.0 Å². The number of aryl methyl sites for hydroxylation is 3. The van der Waals surface area contributed by atoms with E-state index in [4.69, 9.17) is 4.74 Å². The average Bonchev–Trinajstić information content (AvgIpc) is 2.76. The Morgan fingerprint density at radius 2 is 1.77 bits per heavy atom. The van der Waals surface area contributed by atoms with E-state index in [0.29, 0.717) is 23.0 Å². The van der Waals surface area contributed by atoms with Crippen molar-refractivity contribution in [2.45, 2.75) is 46.6 Å². The van der Waals surface area contributed by atoms with Crippen LogP contribution in [0, 0.1) is 13.8 Å². The molecular formula is C24H27N3O4. The highest BCUT2D eigenvalue weighted by Gasteiger charge is 2.19. The summed E-state index contributed by atoms with van der Waals surface area (Å²) in [7, 11) is 0. The first-order valence-corrected chi connectivity index (χ1v) is 10.4. The lowest BCUT2D eigenvalue weighted by atomic mass is 10.1. The lowest BCUT2D eigenvalue weighted by Gasteiger charge is -2.11. The molecule has 0 atom stereocenters. The van der Waals surface area contributed by atoms with Crippen LogP contribution in [0.25, 0.3) is 10.8 Å². The first-order chi connectivity index (χ1) is 14.9. The Hall–Kier alpha value is -3.48. The zero-order valence-electron chi connectivity index (χ0n) is 18.1. The normalized spacial score (nSPS) is 10.8. The number of nitrogens with one attached hydrogen (secondary N) is 1. The van der Waals surface area contributed by atoms with Gasteiger partial charge in [-0.2, -0.15) is 5.10 Å². The molecule has 3 aromatic rings. The highest BCUT2D eigenvalue weighted by molar-refractivity contribution is 6.03. The topological polar surface area (TPSA) is 90.3 Å². The number of nitrogens with zero attached hydrogens (tertiary/aromatic N) is 2. The molecule has 1 aromatic heterocycles. The van der Waals surface area contributed by atoms with Crippen molar-refractivity contribution in [1.29, 1.82) is 0 Å². The van der Waals surface area contributed by atoms with E-state index in [1.165, 1.54) is 4.68 Å². The van der Waals surface area contributed by atoms with E-state index >= 15 is 0 Å². The number of hydrogen-bond donors (Lipinski definition) is 1. The molecule has 31 heavy (non-hydrogen) atoms. The Kier molecular flexibility index (Phi) is 7.18. The van der Waals surface area contributed by atoms with Crippen LogP contribution < -0.4 is 10.9 Å². The third kappa shape index (κ3) is 5.36. The smallest absolute Gasteiger partial charge is 0.359 e. The summed E-state index contributed by atoms with van der Waals surface area (Å²) in [6.45, 7) is 5.99. The van der Waals surface area contributed by atoms with Gasteiger partial charge in [-0.3, -0.25) is 9.59 Å². The van der Waals surface area contributed by atoms with Crippen molar-refractivity contribution in [3.63, 3.8) is 0 Å². The molecule has 7 nitrogen and oxygen atoms in total. The Balaban J connectivity index is 1.76. The number of hydrogen-bond acceptors (Lipinski definition) is 5. The number of carbonyl (C=O) groups is 2. The van der Waals surface area contributed by atoms with Gasteiger partial charge in [-0.05, 0) is 49.6 Å². The van der Waals surface area contributed by atoms with E-state index in [2.05, 4.69) is 17.3 Å². The van der Waals surface area contributed by atoms with E-state index in [1.807, 2.05) is 26.0 Å². The zero-order valence-corrected chi connectivity index (χ0v) is 18.1. The molecule has 2 aromatic carbocycles. The number of rotatable bonds is 8. The molecule has 0 saturated heterocycles. The summed E-state index contributed by atoms with van der Waals surface area (Å²) in [5, 5.41) is 7.79. The Morgan fingerprint density at radius 1 is 1.03 bits per heavy atom. The number of benzene rings is 2. The summed E-state index contributed by atoms with van der Waals surface area (Å²) < 4.78 is 6.53. The number of esters is 1. The summed E-state index contributed by atoms with van der Waals surface area (Å²) in [6, 6.07) is 12.4. The summed E-state index contributed by atoms with van der Waals surface area (Å²) in [6.07, 6.45) is 2.75. The SMILES string of the molecule is CCCCCn1nc(C(=O)OCC(=O)Nc2ccc(C)c(C)c2)c2ccccc2c1=O. The highest BCUT2D eigenvalue weighted by atomic mass is 16.5. The highest BCUT2D eigenvalue weighted by Crippen LogP contribution is 2.16. The van der Waals surface area contributed by atoms with Crippen molar-refractivity contribution < 1.29 is 14.3 Å². The van der Waals surface area contributed by atoms with Gasteiger partial charge in [0.2, 0.25) is 0 Å². The summed E-state index contributed by atoms with van der Waals surface area (Å²) in [5.74, 6) is -1.19. The van der Waals surface area contributed by atoms with Gasteiger partial charge >= 0.3 is 5.97 Å². The first-order valence-electron chi connectivity index (χ1n) is 10.4. The third-order valence-electron chi connectivity index (χ3n) is 5.16. The molecule has 0 radical (unpaired) electrons. The fourth-order valence-corrected chi connectivity index (χ4v) is 3.26. The molecule has 0 saturated carbocycles. The average molecular weight is 421 g/mol. The summed E-state index contributed by atoms with van der Waals surface area (Å²) in [4.78, 5) is 37.7. The second-order valence-corrected chi connectivity index (χ2v) is 7.55. The number of carbonyl (C=O) groups excluding carboxylic acids is 2. The predicted molar refractivity (Wildman–Crippen MR) is 120 cm³/mol. The summed E-state index contributed by atoms with van der Waals surface area (Å²) >= 11 is 0. The van der Waals surface area contributed by atoms with Gasteiger partial charge < -0.3 is 10.1 Å². The molecule has 1 amide bonds. The van der Waals surface area contributed by atoms with Crippen molar-refractivity contribution in [3.8, 4) is 0 Å². The largest absolute Gasteiger partial charge is 0.451 e. The molecule has 0 aliphatic rings. The predicted octanol–water partition coefficient (Wildman–Crippen LogP) is 4.00. The van der Waals surface area contributed by atoms with Gasteiger partial charge in [0.25, 0.3) is 11.5 Å². The lowest BCUT2D eigenvalue weighted by molar-refractivity contribution is -0.119. The molecule has 3 rings (SSSR count). The second-order valence-electron chi connectivity index (χ2n) is 7.55. The van der Waals surface area contributed by atoms with Crippen LogP contribution in [0.4, 0.5) is 5.69 Å². The van der Waals surface area contributed by atoms with Crippen LogP contribution in [0.2, 0.25) is 0 Å². The number of ether oxygens (including phenoxy) is 1. The quantitative estimate of drug-likeness (QED) is 0.439. The van der Waals surface area contributed by atoms with E-state index < -0.39 is 18.5 Å². The minimum Gasteiger partial charge on any atom is -0.451 e. The van der Waals surface area contributed by atoms with Crippen LogP contribution in [-0.2, 0) is 16.1 Å². The van der Waals surface area contributed by atoms with Crippen molar-refractivity contribution >= 4 is 28.3 Å². The van der Waals surface area contributed by atoms with Crippen LogP contribution in [-0.4, -0.2) is 28.3 Å². The van der Waals surface area contributed by atoms with Crippen LogP contribution >= 0.6 is 0 Å². The number of amides is 1. The number of fused-ring (bicyclic) bond motifs is 1. The van der Waals surface area contributed by atoms with Crippen molar-refractivity contribution in [3.05, 3.63) is 69.6 Å². The fraction of sp³-hybridized carbons (Fsp3) is 0.333. The third-order valence-corrected chi connectivity index (χ3v) is 5.16. The van der Waals surface area contributed by atoms with E-state index in [0.717, 1.165) is 30.4 Å². The molecule has 0 aliphatic carbocycles. The molecule has 1 N–H and O–H groups in total. The number of anilines is 1. The molecular weight excluding hydrogens is 394 g/mol. The van der Waals surface area contributed by atoms with Crippen LogP contribution in [0.15, 0.2) is 47.3 Å². The van der Waals surface area contributed by atoms with E-state index in [9.17, 15) is 14.4 Å². The molecule has 1 heterocycles. The van der Waals surface area contributed by atoms with Crippen molar-refractivity contribution in [1.82, 2.24) is 9.78 Å². The standard InChI is InChI=1S/C24H27N3O4/c1-4-5-8-13-27-23(29)20-10-7-6-9-19(20)22(26-27)24(30)31-15-21(28)25-18-12-11-16(2)17(3)14-18/h6-7,9-12,14H,4-5,8,13,15H2,1-3H3,(H,25,28). The van der Waals surface area contributed by atoms with Gasteiger partial charge in [0.05, 0.1) is 5.39 Å². The van der Waals surface area contributed by atoms with E-state index in [-0.39, 0.29) is 11.3 Å². The molecule has 0 unspecified atom stereocenters. The maximum atomic E-state index is 12.7. The monoisotopic (exact) mass is 421 g/mol. The molecule has 0 bridgehead atoms. The van der Waals surface area contributed by atoms with Crippen molar-refractivity contribution in [2.75, 3.05) is 11.9 Å². The summed E-state index contributed by atoms with van der Waals surface area (Å²) in [5.41, 5.74) is 2.60. The fourth-order valence-electron chi connectivity index (χ4n) is 3.26. The van der Waals surface area contributed by atoms with Crippen LogP contribution in [0.1, 0.15) is 47.8 Å². The molecule has 162 valence electrons. The zero-order chi connectivity index (χ0) is 22.4. The maximum absolute atomic E-state index is 12.7. The molecule has 0 fully saturated rings. The van der Waals surface area contributed by atoms with E-state index in [1.54, 1.807) is 30.3 Å². The molecule has 7 heteroatoms. The Labute approximate surface area is 181 Å². The van der Waals surface area contributed by atoms with Crippen molar-refractivity contribution in [2.24, 2.45) is 0 Å². The van der Waals surface area contributed by atoms with Crippen LogP contribution in [0.5, 0.6) is 0 Å². The minimum atomic E-state index is -0.740. The first kappa shape index (κ1) is 22.2. The number of aromatic nitrogens is 2. The maximum Gasteiger partial charge on any atom is 0.359 e. The van der Waals surface area contributed by atoms with Gasteiger partial charge in [0.15, 0.2) is 12.3 Å². The van der Waals surface area contributed by atoms with Gasteiger partial charge in [0.1, 0.15) is 0 Å².